The van der Waals surface area contributed by atoms with E-state index >= 15 is 0 Å². The van der Waals surface area contributed by atoms with E-state index in [1.54, 1.807) is 5.57 Å². The van der Waals surface area contributed by atoms with E-state index in [0.717, 1.165) is 63.0 Å². The predicted octanol–water partition coefficient (Wildman–Crippen LogP) is 6.79. The molecule has 4 aromatic rings. The first-order valence-electron chi connectivity index (χ1n) is 14.3. The molecule has 0 spiro atoms. The van der Waals surface area contributed by atoms with Gasteiger partial charge in [-0.2, -0.15) is 0 Å². The predicted molar refractivity (Wildman–Crippen MR) is 162 cm³/mol. The molecule has 0 saturated carbocycles. The van der Waals surface area contributed by atoms with E-state index in [9.17, 15) is 5.11 Å². The van der Waals surface area contributed by atoms with Crippen molar-refractivity contribution in [1.82, 2.24) is 10.6 Å². The normalized spacial score (nSPS) is 16.2. The molecule has 0 atom stereocenters. The SMILES string of the molecule is OC(c1ccccc1)(c1ccccc1)C1CCNCC1.c1ccc(C(=C2CCNCC2)c2ccccc2)cc1. The van der Waals surface area contributed by atoms with Gasteiger partial charge in [0.05, 0.1) is 0 Å². The van der Waals surface area contributed by atoms with Gasteiger partial charge < -0.3 is 15.7 Å². The van der Waals surface area contributed by atoms with Gasteiger partial charge in [0.2, 0.25) is 0 Å². The number of benzene rings is 4. The third-order valence-corrected chi connectivity index (χ3v) is 8.04. The lowest BCUT2D eigenvalue weighted by molar-refractivity contribution is 0.00236. The highest BCUT2D eigenvalue weighted by Gasteiger charge is 2.40. The molecule has 3 heteroatoms. The topological polar surface area (TPSA) is 44.3 Å². The molecule has 4 aromatic carbocycles. The fourth-order valence-electron chi connectivity index (χ4n) is 6.03. The average Bonchev–Trinajstić information content (AvgIpc) is 3.04. The lowest BCUT2D eigenvalue weighted by Crippen LogP contribution is -2.42. The molecule has 0 amide bonds. The fourth-order valence-corrected chi connectivity index (χ4v) is 6.03. The molecule has 200 valence electrons. The Balaban J connectivity index is 0.000000158. The maximum atomic E-state index is 11.6. The van der Waals surface area contributed by atoms with Crippen molar-refractivity contribution in [3.05, 3.63) is 149 Å². The average molecular weight is 517 g/mol. The van der Waals surface area contributed by atoms with Gasteiger partial charge in [-0.3, -0.25) is 0 Å². The first-order valence-corrected chi connectivity index (χ1v) is 14.3. The van der Waals surface area contributed by atoms with Gasteiger partial charge in [-0.1, -0.05) is 127 Å². The molecular weight excluding hydrogens is 476 g/mol. The zero-order chi connectivity index (χ0) is 26.8. The van der Waals surface area contributed by atoms with Crippen molar-refractivity contribution in [2.24, 2.45) is 5.92 Å². The summed E-state index contributed by atoms with van der Waals surface area (Å²) in [4.78, 5) is 0. The van der Waals surface area contributed by atoms with E-state index in [-0.39, 0.29) is 5.92 Å². The van der Waals surface area contributed by atoms with Crippen LogP contribution in [0.5, 0.6) is 0 Å². The Kier molecular flexibility index (Phi) is 9.39. The highest BCUT2D eigenvalue weighted by atomic mass is 16.3. The van der Waals surface area contributed by atoms with Crippen LogP contribution in [0.25, 0.3) is 5.57 Å². The molecule has 2 heterocycles. The molecule has 2 aliphatic rings. The van der Waals surface area contributed by atoms with Gasteiger partial charge in [0.15, 0.2) is 0 Å². The van der Waals surface area contributed by atoms with Crippen molar-refractivity contribution >= 4 is 5.57 Å². The Labute approximate surface area is 233 Å². The molecule has 2 aliphatic heterocycles. The number of hydrogen-bond donors (Lipinski definition) is 3. The van der Waals surface area contributed by atoms with Gasteiger partial charge in [0, 0.05) is 0 Å². The summed E-state index contributed by atoms with van der Waals surface area (Å²) >= 11 is 0. The second kappa shape index (κ2) is 13.5. The van der Waals surface area contributed by atoms with E-state index < -0.39 is 5.60 Å². The minimum absolute atomic E-state index is 0.258. The number of aliphatic hydroxyl groups is 1. The Morgan fingerprint density at radius 3 is 1.36 bits per heavy atom. The standard InChI is InChI=1S/C18H21NO.C18H19N/c20-18(15-7-3-1-4-8-15,16-9-5-2-6-10-16)17-11-13-19-14-12-17;1-3-7-15(8-4-1)18(16-9-5-2-6-10-16)17-11-13-19-14-12-17/h1-10,17,19-20H,11-14H2;1-10,19H,11-14H2. The van der Waals surface area contributed by atoms with Crippen molar-refractivity contribution < 1.29 is 5.11 Å². The summed E-state index contributed by atoms with van der Waals surface area (Å²) in [5.74, 6) is 0.258. The van der Waals surface area contributed by atoms with Crippen LogP contribution in [0.1, 0.15) is 47.9 Å². The first-order chi connectivity index (χ1) is 19.3. The van der Waals surface area contributed by atoms with Gasteiger partial charge in [0.25, 0.3) is 0 Å². The van der Waals surface area contributed by atoms with Crippen LogP contribution >= 0.6 is 0 Å². The molecule has 3 nitrogen and oxygen atoms in total. The summed E-state index contributed by atoms with van der Waals surface area (Å²) in [7, 11) is 0. The summed E-state index contributed by atoms with van der Waals surface area (Å²) in [6.45, 7) is 4.15. The summed E-state index contributed by atoms with van der Waals surface area (Å²) in [6, 6.07) is 41.7. The van der Waals surface area contributed by atoms with Crippen molar-refractivity contribution in [2.45, 2.75) is 31.3 Å². The Morgan fingerprint density at radius 2 is 0.923 bits per heavy atom. The van der Waals surface area contributed by atoms with Gasteiger partial charge in [-0.15, -0.1) is 0 Å². The zero-order valence-electron chi connectivity index (χ0n) is 22.7. The molecule has 39 heavy (non-hydrogen) atoms. The van der Waals surface area contributed by atoms with Crippen LogP contribution in [0.15, 0.2) is 127 Å². The van der Waals surface area contributed by atoms with Crippen LogP contribution in [-0.2, 0) is 5.60 Å². The Hall–Kier alpha value is -3.50. The van der Waals surface area contributed by atoms with E-state index in [1.807, 2.05) is 60.7 Å². The largest absolute Gasteiger partial charge is 0.380 e. The van der Waals surface area contributed by atoms with E-state index in [2.05, 4.69) is 71.3 Å². The molecule has 0 aliphatic carbocycles. The Bertz CT molecular complexity index is 1210. The Morgan fingerprint density at radius 1 is 0.538 bits per heavy atom. The van der Waals surface area contributed by atoms with E-state index in [0.29, 0.717) is 0 Å². The van der Waals surface area contributed by atoms with Crippen LogP contribution < -0.4 is 10.6 Å². The molecule has 3 N–H and O–H groups in total. The van der Waals surface area contributed by atoms with Crippen molar-refractivity contribution in [3.8, 4) is 0 Å². The zero-order valence-corrected chi connectivity index (χ0v) is 22.7. The van der Waals surface area contributed by atoms with Crippen molar-refractivity contribution in [1.29, 1.82) is 0 Å². The number of hydrogen-bond acceptors (Lipinski definition) is 3. The lowest BCUT2D eigenvalue weighted by atomic mass is 9.72. The van der Waals surface area contributed by atoms with E-state index in [1.165, 1.54) is 16.7 Å². The number of rotatable bonds is 5. The minimum Gasteiger partial charge on any atom is -0.380 e. The molecule has 2 fully saturated rings. The molecule has 0 bridgehead atoms. The smallest absolute Gasteiger partial charge is 0.117 e. The quantitative estimate of drug-likeness (QED) is 0.274. The van der Waals surface area contributed by atoms with Crippen LogP contribution in [-0.4, -0.2) is 31.3 Å². The van der Waals surface area contributed by atoms with Gasteiger partial charge in [0.1, 0.15) is 5.60 Å². The highest BCUT2D eigenvalue weighted by Crippen LogP contribution is 2.40. The summed E-state index contributed by atoms with van der Waals surface area (Å²) in [5.41, 5.74) is 6.80. The summed E-state index contributed by atoms with van der Waals surface area (Å²) in [6.07, 6.45) is 4.30. The second-order valence-corrected chi connectivity index (χ2v) is 10.5. The van der Waals surface area contributed by atoms with Crippen LogP contribution in [0.2, 0.25) is 0 Å². The molecule has 6 rings (SSSR count). The van der Waals surface area contributed by atoms with Gasteiger partial charge in [-0.25, -0.2) is 0 Å². The summed E-state index contributed by atoms with van der Waals surface area (Å²) in [5, 5.41) is 18.4. The van der Waals surface area contributed by atoms with E-state index in [4.69, 9.17) is 0 Å². The molecule has 0 unspecified atom stereocenters. The maximum absolute atomic E-state index is 11.6. The number of nitrogens with one attached hydrogen (secondary N) is 2. The van der Waals surface area contributed by atoms with Crippen molar-refractivity contribution in [2.75, 3.05) is 26.2 Å². The summed E-state index contributed by atoms with van der Waals surface area (Å²) < 4.78 is 0. The van der Waals surface area contributed by atoms with Gasteiger partial charge >= 0.3 is 0 Å². The third kappa shape index (κ3) is 6.57. The monoisotopic (exact) mass is 516 g/mol. The lowest BCUT2D eigenvalue weighted by Gasteiger charge is -2.39. The highest BCUT2D eigenvalue weighted by molar-refractivity contribution is 5.82. The molecule has 0 aromatic heterocycles. The second-order valence-electron chi connectivity index (χ2n) is 10.5. The third-order valence-electron chi connectivity index (χ3n) is 8.04. The molecule has 0 radical (unpaired) electrons. The van der Waals surface area contributed by atoms with Crippen molar-refractivity contribution in [3.63, 3.8) is 0 Å². The molecule has 2 saturated heterocycles. The number of piperidine rings is 2. The van der Waals surface area contributed by atoms with Crippen LogP contribution in [0.4, 0.5) is 0 Å². The van der Waals surface area contributed by atoms with Crippen LogP contribution in [0, 0.1) is 5.92 Å². The maximum Gasteiger partial charge on any atom is 0.117 e. The van der Waals surface area contributed by atoms with Crippen LogP contribution in [0.3, 0.4) is 0 Å². The first kappa shape index (κ1) is 27.1. The molecular formula is C36H40N2O. The van der Waals surface area contributed by atoms with Gasteiger partial charge in [-0.05, 0) is 85.6 Å². The minimum atomic E-state index is -0.884. The fraction of sp³-hybridized carbons (Fsp3) is 0.278.